The minimum absolute atomic E-state index is 0.263. The zero-order chi connectivity index (χ0) is 13.9. The third kappa shape index (κ3) is 2.25. The van der Waals surface area contributed by atoms with Crippen molar-refractivity contribution in [2.45, 2.75) is 12.8 Å². The van der Waals surface area contributed by atoms with E-state index in [1.165, 1.54) is 16.7 Å². The molecular weight excluding hydrogens is 248 g/mol. The van der Waals surface area contributed by atoms with Gasteiger partial charge in [0.2, 0.25) is 0 Å². The van der Waals surface area contributed by atoms with Gasteiger partial charge in [-0.05, 0) is 35.7 Å². The van der Waals surface area contributed by atoms with E-state index in [0.717, 1.165) is 0 Å². The first-order valence-corrected chi connectivity index (χ1v) is 6.84. The van der Waals surface area contributed by atoms with E-state index in [4.69, 9.17) is 4.74 Å². The van der Waals surface area contributed by atoms with Crippen molar-refractivity contribution in [1.82, 2.24) is 0 Å². The van der Waals surface area contributed by atoms with Gasteiger partial charge in [-0.15, -0.1) is 0 Å². The van der Waals surface area contributed by atoms with Crippen LogP contribution in [0.1, 0.15) is 39.9 Å². The van der Waals surface area contributed by atoms with Gasteiger partial charge in [0, 0.05) is 5.92 Å². The van der Waals surface area contributed by atoms with Crippen LogP contribution in [0.4, 0.5) is 0 Å². The Hall–Kier alpha value is -2.35. The highest BCUT2D eigenvalue weighted by atomic mass is 16.5. The van der Waals surface area contributed by atoms with Gasteiger partial charge in [-0.25, -0.2) is 4.79 Å². The number of carbonyl (C=O) groups is 1. The molecule has 2 nitrogen and oxygen atoms in total. The minimum atomic E-state index is -0.263. The number of hydrogen-bond donors (Lipinski definition) is 0. The summed E-state index contributed by atoms with van der Waals surface area (Å²) in [5, 5.41) is 0. The van der Waals surface area contributed by atoms with Crippen molar-refractivity contribution in [3.8, 4) is 0 Å². The number of carbonyl (C=O) groups excluding carboxylic acids is 1. The zero-order valence-electron chi connectivity index (χ0n) is 11.4. The van der Waals surface area contributed by atoms with Crippen LogP contribution in [0, 0.1) is 0 Å². The largest absolute Gasteiger partial charge is 0.462 e. The lowest BCUT2D eigenvalue weighted by atomic mass is 9.92. The van der Waals surface area contributed by atoms with Crippen LogP contribution in [-0.2, 0) is 4.74 Å². The Bertz CT molecular complexity index is 653. The quantitative estimate of drug-likeness (QED) is 0.783. The Kier molecular flexibility index (Phi) is 3.38. The molecule has 1 atom stereocenters. The maximum atomic E-state index is 11.6. The first kappa shape index (κ1) is 12.7. The first-order chi connectivity index (χ1) is 9.79. The first-order valence-electron chi connectivity index (χ1n) is 6.84. The molecule has 3 rings (SSSR count). The molecule has 0 radical (unpaired) electrons. The number of fused-ring (bicyclic) bond motifs is 1. The van der Waals surface area contributed by atoms with Gasteiger partial charge in [0.1, 0.15) is 0 Å². The smallest absolute Gasteiger partial charge is 0.338 e. The van der Waals surface area contributed by atoms with Gasteiger partial charge in [-0.1, -0.05) is 48.6 Å². The van der Waals surface area contributed by atoms with Gasteiger partial charge in [0.05, 0.1) is 12.2 Å². The number of rotatable bonds is 3. The monoisotopic (exact) mass is 264 g/mol. The lowest BCUT2D eigenvalue weighted by molar-refractivity contribution is 0.0526. The number of allylic oxidation sites excluding steroid dienone is 1. The molecule has 1 aliphatic carbocycles. The Morgan fingerprint density at radius 3 is 2.60 bits per heavy atom. The second kappa shape index (κ2) is 5.33. The van der Waals surface area contributed by atoms with E-state index < -0.39 is 0 Å². The van der Waals surface area contributed by atoms with Crippen molar-refractivity contribution < 1.29 is 9.53 Å². The summed E-state index contributed by atoms with van der Waals surface area (Å²) >= 11 is 0. The SMILES string of the molecule is CCOC(=O)c1ccc(C2C=Cc3ccccc32)cc1. The van der Waals surface area contributed by atoms with Crippen LogP contribution in [0.5, 0.6) is 0 Å². The molecule has 0 saturated heterocycles. The number of benzene rings is 2. The normalized spacial score (nSPS) is 15.9. The molecule has 0 bridgehead atoms. The highest BCUT2D eigenvalue weighted by Crippen LogP contribution is 2.35. The van der Waals surface area contributed by atoms with Crippen molar-refractivity contribution in [2.24, 2.45) is 0 Å². The summed E-state index contributed by atoms with van der Waals surface area (Å²) in [5.74, 6) is 0.0175. The summed E-state index contributed by atoms with van der Waals surface area (Å²) in [5.41, 5.74) is 4.38. The highest BCUT2D eigenvalue weighted by Gasteiger charge is 2.18. The summed E-state index contributed by atoms with van der Waals surface area (Å²) in [6, 6.07) is 16.1. The van der Waals surface area contributed by atoms with E-state index in [2.05, 4.69) is 36.4 Å². The maximum Gasteiger partial charge on any atom is 0.338 e. The molecular formula is C18H16O2. The predicted octanol–water partition coefficient (Wildman–Crippen LogP) is 4.02. The van der Waals surface area contributed by atoms with Gasteiger partial charge in [0.15, 0.2) is 0 Å². The fourth-order valence-corrected chi connectivity index (χ4v) is 2.58. The van der Waals surface area contributed by atoms with Gasteiger partial charge in [0.25, 0.3) is 0 Å². The van der Waals surface area contributed by atoms with Crippen LogP contribution in [0.3, 0.4) is 0 Å². The molecule has 0 N–H and O–H groups in total. The van der Waals surface area contributed by atoms with Crippen molar-refractivity contribution in [3.05, 3.63) is 76.9 Å². The lowest BCUT2D eigenvalue weighted by Gasteiger charge is -2.12. The fourth-order valence-electron chi connectivity index (χ4n) is 2.58. The second-order valence-electron chi connectivity index (χ2n) is 4.81. The average Bonchev–Trinajstić information content (AvgIpc) is 2.92. The van der Waals surface area contributed by atoms with E-state index in [1.807, 2.05) is 31.2 Å². The Labute approximate surface area is 118 Å². The summed E-state index contributed by atoms with van der Waals surface area (Å²) in [6.45, 7) is 2.21. The van der Waals surface area contributed by atoms with Crippen LogP contribution in [0.25, 0.3) is 6.08 Å². The summed E-state index contributed by atoms with van der Waals surface area (Å²) in [4.78, 5) is 11.6. The van der Waals surface area contributed by atoms with Crippen LogP contribution in [-0.4, -0.2) is 12.6 Å². The molecule has 0 saturated carbocycles. The molecule has 0 aliphatic heterocycles. The maximum absolute atomic E-state index is 11.6. The fraction of sp³-hybridized carbons (Fsp3) is 0.167. The van der Waals surface area contributed by atoms with Gasteiger partial charge in [-0.2, -0.15) is 0 Å². The molecule has 1 unspecified atom stereocenters. The third-order valence-electron chi connectivity index (χ3n) is 3.58. The zero-order valence-corrected chi connectivity index (χ0v) is 11.4. The standard InChI is InChI=1S/C18H16O2/c1-2-20-18(19)15-9-7-14(8-10-15)17-12-11-13-5-3-4-6-16(13)17/h3-12,17H,2H2,1H3. The Balaban J connectivity index is 1.86. The van der Waals surface area contributed by atoms with Crippen LogP contribution in [0.15, 0.2) is 54.6 Å². The molecule has 0 fully saturated rings. The molecule has 2 aromatic carbocycles. The highest BCUT2D eigenvalue weighted by molar-refractivity contribution is 5.89. The molecule has 100 valence electrons. The molecule has 0 amide bonds. The lowest BCUT2D eigenvalue weighted by Crippen LogP contribution is -2.05. The van der Waals surface area contributed by atoms with Crippen molar-refractivity contribution >= 4 is 12.0 Å². The van der Waals surface area contributed by atoms with Crippen LogP contribution >= 0.6 is 0 Å². The molecule has 0 spiro atoms. The van der Waals surface area contributed by atoms with Gasteiger partial charge >= 0.3 is 5.97 Å². The molecule has 20 heavy (non-hydrogen) atoms. The molecule has 2 heteroatoms. The second-order valence-corrected chi connectivity index (χ2v) is 4.81. The van der Waals surface area contributed by atoms with E-state index >= 15 is 0 Å². The third-order valence-corrected chi connectivity index (χ3v) is 3.58. The Morgan fingerprint density at radius 2 is 1.85 bits per heavy atom. The van der Waals surface area contributed by atoms with Crippen molar-refractivity contribution in [3.63, 3.8) is 0 Å². The number of ether oxygens (including phenoxy) is 1. The minimum Gasteiger partial charge on any atom is -0.462 e. The van der Waals surface area contributed by atoms with Crippen LogP contribution < -0.4 is 0 Å². The Morgan fingerprint density at radius 1 is 1.10 bits per heavy atom. The predicted molar refractivity (Wildman–Crippen MR) is 79.7 cm³/mol. The molecule has 1 aliphatic rings. The van der Waals surface area contributed by atoms with Crippen molar-refractivity contribution in [2.75, 3.05) is 6.61 Å². The van der Waals surface area contributed by atoms with E-state index in [-0.39, 0.29) is 11.9 Å². The summed E-state index contributed by atoms with van der Waals surface area (Å²) < 4.78 is 5.00. The van der Waals surface area contributed by atoms with Crippen molar-refractivity contribution in [1.29, 1.82) is 0 Å². The summed E-state index contributed by atoms with van der Waals surface area (Å²) in [6.07, 6.45) is 4.35. The van der Waals surface area contributed by atoms with E-state index in [1.54, 1.807) is 0 Å². The van der Waals surface area contributed by atoms with E-state index in [9.17, 15) is 4.79 Å². The van der Waals surface area contributed by atoms with Crippen LogP contribution in [0.2, 0.25) is 0 Å². The molecule has 0 aromatic heterocycles. The average molecular weight is 264 g/mol. The molecule has 2 aromatic rings. The number of esters is 1. The number of hydrogen-bond acceptors (Lipinski definition) is 2. The topological polar surface area (TPSA) is 26.3 Å². The van der Waals surface area contributed by atoms with Gasteiger partial charge < -0.3 is 4.74 Å². The van der Waals surface area contributed by atoms with Gasteiger partial charge in [-0.3, -0.25) is 0 Å². The van der Waals surface area contributed by atoms with E-state index in [0.29, 0.717) is 12.2 Å². The molecule has 0 heterocycles. The summed E-state index contributed by atoms with van der Waals surface area (Å²) in [7, 11) is 0.